The lowest BCUT2D eigenvalue weighted by Crippen LogP contribution is -2.22. The van der Waals surface area contributed by atoms with Crippen LogP contribution in [-0.4, -0.2) is 25.2 Å². The number of hydrogen-bond acceptors (Lipinski definition) is 5. The molecule has 5 rings (SSSR count). The molecule has 0 saturated heterocycles. The molecule has 2 aromatic carbocycles. The van der Waals surface area contributed by atoms with Gasteiger partial charge in [-0.15, -0.1) is 12.4 Å². The number of aromatic amines is 1. The third kappa shape index (κ3) is 2.92. The van der Waals surface area contributed by atoms with Gasteiger partial charge >= 0.3 is 0 Å². The molecular formula is C20H18ClN3O3S. The van der Waals surface area contributed by atoms with E-state index in [0.29, 0.717) is 12.1 Å². The zero-order chi connectivity index (χ0) is 18.4. The quantitative estimate of drug-likeness (QED) is 0.532. The predicted molar refractivity (Wildman–Crippen MR) is 108 cm³/mol. The van der Waals surface area contributed by atoms with Crippen LogP contribution in [0, 0.1) is 0 Å². The van der Waals surface area contributed by atoms with Gasteiger partial charge in [0.1, 0.15) is 11.3 Å². The highest BCUT2D eigenvalue weighted by molar-refractivity contribution is 7.91. The summed E-state index contributed by atoms with van der Waals surface area (Å²) in [5.41, 5.74) is 3.26. The summed E-state index contributed by atoms with van der Waals surface area (Å²) in [6.07, 6.45) is 4.20. The van der Waals surface area contributed by atoms with E-state index < -0.39 is 9.84 Å². The second-order valence-electron chi connectivity index (χ2n) is 6.58. The normalized spacial score (nSPS) is 13.9. The molecule has 0 unspecified atom stereocenters. The third-order valence-electron chi connectivity index (χ3n) is 4.95. The van der Waals surface area contributed by atoms with Crippen molar-refractivity contribution in [2.45, 2.75) is 22.8 Å². The fourth-order valence-electron chi connectivity index (χ4n) is 3.59. The molecule has 0 bridgehead atoms. The van der Waals surface area contributed by atoms with Gasteiger partial charge in [0, 0.05) is 47.8 Å². The predicted octanol–water partition coefficient (Wildman–Crippen LogP) is 3.72. The van der Waals surface area contributed by atoms with E-state index in [9.17, 15) is 8.42 Å². The van der Waals surface area contributed by atoms with Gasteiger partial charge < -0.3 is 9.73 Å². The fourth-order valence-corrected chi connectivity index (χ4v) is 4.92. The molecule has 2 N–H and O–H groups in total. The molecule has 1 aliphatic heterocycles. The molecule has 8 heteroatoms. The number of sulfone groups is 1. The lowest BCUT2D eigenvalue weighted by atomic mass is 10.0. The van der Waals surface area contributed by atoms with E-state index >= 15 is 0 Å². The Bertz CT molecular complexity index is 1230. The van der Waals surface area contributed by atoms with Crippen molar-refractivity contribution >= 4 is 33.2 Å². The van der Waals surface area contributed by atoms with E-state index in [1.807, 2.05) is 0 Å². The minimum Gasteiger partial charge on any atom is -0.460 e. The third-order valence-corrected chi connectivity index (χ3v) is 6.70. The van der Waals surface area contributed by atoms with Crippen LogP contribution in [0.1, 0.15) is 11.3 Å². The van der Waals surface area contributed by atoms with Gasteiger partial charge in [-0.05, 0) is 24.3 Å². The van der Waals surface area contributed by atoms with Crippen molar-refractivity contribution in [1.29, 1.82) is 0 Å². The standard InChI is InChI=1S/C20H17N3O3S.ClH/c24-27(25,14-4-2-1-3-5-14)15-8-16(13-10-22-23-11-13)20-17(9-15)18-12-21-7-6-19(18)26-20;/h1-5,8-11,21H,6-7,12H2,(H,22,23);1H. The van der Waals surface area contributed by atoms with E-state index in [-0.39, 0.29) is 22.2 Å². The summed E-state index contributed by atoms with van der Waals surface area (Å²) in [5, 5.41) is 11.0. The van der Waals surface area contributed by atoms with Crippen LogP contribution in [0.25, 0.3) is 22.1 Å². The number of nitrogens with zero attached hydrogens (tertiary/aromatic N) is 1. The summed E-state index contributed by atoms with van der Waals surface area (Å²) in [6.45, 7) is 1.52. The number of halogens is 1. The van der Waals surface area contributed by atoms with Gasteiger partial charge in [-0.1, -0.05) is 18.2 Å². The highest BCUT2D eigenvalue weighted by Gasteiger charge is 2.25. The van der Waals surface area contributed by atoms with Crippen molar-refractivity contribution in [2.75, 3.05) is 6.54 Å². The highest BCUT2D eigenvalue weighted by atomic mass is 35.5. The highest BCUT2D eigenvalue weighted by Crippen LogP contribution is 2.38. The maximum Gasteiger partial charge on any atom is 0.206 e. The summed E-state index contributed by atoms with van der Waals surface area (Å²) in [6, 6.07) is 11.9. The van der Waals surface area contributed by atoms with E-state index in [0.717, 1.165) is 40.8 Å². The molecule has 0 amide bonds. The Kier molecular flexibility index (Phi) is 4.74. The molecular weight excluding hydrogens is 398 g/mol. The van der Waals surface area contributed by atoms with Gasteiger partial charge in [-0.2, -0.15) is 5.10 Å². The topological polar surface area (TPSA) is 88.0 Å². The van der Waals surface area contributed by atoms with Crippen LogP contribution in [0.4, 0.5) is 0 Å². The summed E-state index contributed by atoms with van der Waals surface area (Å²) < 4.78 is 32.6. The molecule has 0 saturated carbocycles. The summed E-state index contributed by atoms with van der Waals surface area (Å²) >= 11 is 0. The smallest absolute Gasteiger partial charge is 0.206 e. The summed E-state index contributed by atoms with van der Waals surface area (Å²) in [7, 11) is -3.64. The van der Waals surface area contributed by atoms with E-state index in [4.69, 9.17) is 4.42 Å². The van der Waals surface area contributed by atoms with Crippen LogP contribution in [0.15, 0.2) is 69.1 Å². The Morgan fingerprint density at radius 2 is 1.89 bits per heavy atom. The number of H-pyrrole nitrogens is 1. The van der Waals surface area contributed by atoms with E-state index in [1.54, 1.807) is 54.9 Å². The van der Waals surface area contributed by atoms with Gasteiger partial charge in [-0.25, -0.2) is 8.42 Å². The maximum absolute atomic E-state index is 13.2. The molecule has 0 fully saturated rings. The van der Waals surface area contributed by atoms with Crippen molar-refractivity contribution in [3.8, 4) is 11.1 Å². The number of rotatable bonds is 3. The van der Waals surface area contributed by atoms with Gasteiger partial charge in [0.15, 0.2) is 0 Å². The second kappa shape index (κ2) is 7.09. The zero-order valence-electron chi connectivity index (χ0n) is 14.8. The molecule has 3 heterocycles. The van der Waals surface area contributed by atoms with E-state index in [1.165, 1.54) is 0 Å². The first-order chi connectivity index (χ1) is 13.1. The Labute approximate surface area is 168 Å². The number of hydrogen-bond donors (Lipinski definition) is 2. The van der Waals surface area contributed by atoms with Crippen LogP contribution >= 0.6 is 12.4 Å². The van der Waals surface area contributed by atoms with Gasteiger partial charge in [0.05, 0.1) is 16.0 Å². The van der Waals surface area contributed by atoms with Crippen molar-refractivity contribution in [3.05, 3.63) is 66.2 Å². The zero-order valence-corrected chi connectivity index (χ0v) is 16.4. The number of benzene rings is 2. The van der Waals surface area contributed by atoms with Crippen LogP contribution in [0.3, 0.4) is 0 Å². The lowest BCUT2D eigenvalue weighted by molar-refractivity contribution is 0.501. The molecule has 0 atom stereocenters. The van der Waals surface area contributed by atoms with Gasteiger partial charge in [-0.3, -0.25) is 5.10 Å². The van der Waals surface area contributed by atoms with Crippen molar-refractivity contribution in [3.63, 3.8) is 0 Å². The number of nitrogens with one attached hydrogen (secondary N) is 2. The van der Waals surface area contributed by atoms with Crippen molar-refractivity contribution in [1.82, 2.24) is 15.5 Å². The first-order valence-corrected chi connectivity index (χ1v) is 10.2. The molecule has 1 aliphatic rings. The van der Waals surface area contributed by atoms with Crippen LogP contribution in [-0.2, 0) is 22.8 Å². The summed E-state index contributed by atoms with van der Waals surface area (Å²) in [4.78, 5) is 0.532. The molecule has 0 radical (unpaired) electrons. The first-order valence-electron chi connectivity index (χ1n) is 8.73. The fraction of sp³-hybridized carbons (Fsp3) is 0.150. The van der Waals surface area contributed by atoms with Crippen LogP contribution in [0.2, 0.25) is 0 Å². The van der Waals surface area contributed by atoms with Crippen molar-refractivity contribution < 1.29 is 12.8 Å². The summed E-state index contributed by atoms with van der Waals surface area (Å²) in [5.74, 6) is 0.919. The first kappa shape index (κ1) is 18.7. The van der Waals surface area contributed by atoms with Gasteiger partial charge in [0.2, 0.25) is 9.84 Å². The van der Waals surface area contributed by atoms with Crippen LogP contribution < -0.4 is 5.32 Å². The minimum atomic E-state index is -3.64. The number of fused-ring (bicyclic) bond motifs is 3. The second-order valence-corrected chi connectivity index (χ2v) is 8.53. The Hall–Kier alpha value is -2.61. The Morgan fingerprint density at radius 3 is 2.64 bits per heavy atom. The molecule has 0 aliphatic carbocycles. The van der Waals surface area contributed by atoms with Crippen LogP contribution in [0.5, 0.6) is 0 Å². The largest absolute Gasteiger partial charge is 0.460 e. The molecule has 6 nitrogen and oxygen atoms in total. The molecule has 144 valence electrons. The molecule has 2 aromatic heterocycles. The molecule has 4 aromatic rings. The maximum atomic E-state index is 13.2. The van der Waals surface area contributed by atoms with Gasteiger partial charge in [0.25, 0.3) is 0 Å². The monoisotopic (exact) mass is 415 g/mol. The number of furan rings is 1. The SMILES string of the molecule is Cl.O=S(=O)(c1ccccc1)c1cc(-c2cn[nH]c2)c2oc3c(c2c1)CNCC3. The average Bonchev–Trinajstić information content (AvgIpc) is 3.36. The number of aromatic nitrogens is 2. The van der Waals surface area contributed by atoms with E-state index in [2.05, 4.69) is 15.5 Å². The Balaban J connectivity index is 0.00000192. The lowest BCUT2D eigenvalue weighted by Gasteiger charge is -2.11. The molecule has 0 spiro atoms. The molecule has 28 heavy (non-hydrogen) atoms. The van der Waals surface area contributed by atoms with Crippen molar-refractivity contribution in [2.24, 2.45) is 0 Å². The Morgan fingerprint density at radius 1 is 1.07 bits per heavy atom. The average molecular weight is 416 g/mol. The minimum absolute atomic E-state index is 0.